The highest BCUT2D eigenvalue weighted by Crippen LogP contribution is 2.25. The molecule has 2 N–H and O–H groups in total. The average Bonchev–Trinajstić information content (AvgIpc) is 2.45. The van der Waals surface area contributed by atoms with Crippen LogP contribution in [-0.2, 0) is 17.6 Å². The molecule has 0 saturated carbocycles. The summed E-state index contributed by atoms with van der Waals surface area (Å²) >= 11 is 0. The first-order chi connectivity index (χ1) is 9.88. The topological polar surface area (TPSA) is 69.6 Å². The van der Waals surface area contributed by atoms with E-state index in [9.17, 15) is 9.59 Å². The summed E-state index contributed by atoms with van der Waals surface area (Å²) in [4.78, 5) is 24.1. The predicted molar refractivity (Wildman–Crippen MR) is 83.8 cm³/mol. The van der Waals surface area contributed by atoms with Gasteiger partial charge in [0.25, 0.3) is 0 Å². The van der Waals surface area contributed by atoms with Crippen molar-refractivity contribution in [3.63, 3.8) is 0 Å². The number of hydrogen-bond acceptors (Lipinski definition) is 2. The third-order valence-electron chi connectivity index (χ3n) is 3.45. The van der Waals surface area contributed by atoms with Crippen LogP contribution >= 0.6 is 0 Å². The third-order valence-corrected chi connectivity index (χ3v) is 3.45. The molecule has 0 radical (unpaired) electrons. The zero-order valence-electron chi connectivity index (χ0n) is 13.2. The molecule has 0 aromatic heterocycles. The average molecular weight is 292 g/mol. The number of aryl methyl sites for hydroxylation is 3. The second-order valence-electron chi connectivity index (χ2n) is 5.16. The molecule has 0 saturated heterocycles. The van der Waals surface area contributed by atoms with E-state index >= 15 is 0 Å². The molecule has 1 aromatic rings. The number of carboxylic acids is 1. The van der Waals surface area contributed by atoms with Gasteiger partial charge in [-0.1, -0.05) is 31.5 Å². The van der Waals surface area contributed by atoms with Crippen LogP contribution in [-0.4, -0.2) is 35.6 Å². The van der Waals surface area contributed by atoms with E-state index in [1.807, 2.05) is 6.92 Å². The highest BCUT2D eigenvalue weighted by atomic mass is 16.4. The number of anilines is 1. The summed E-state index contributed by atoms with van der Waals surface area (Å²) < 4.78 is 0. The van der Waals surface area contributed by atoms with E-state index in [4.69, 9.17) is 5.11 Å². The van der Waals surface area contributed by atoms with Gasteiger partial charge in [-0.3, -0.25) is 4.79 Å². The van der Waals surface area contributed by atoms with Crippen molar-refractivity contribution < 1.29 is 14.7 Å². The summed E-state index contributed by atoms with van der Waals surface area (Å²) in [6, 6.07) is 3.88. The van der Waals surface area contributed by atoms with E-state index in [-0.39, 0.29) is 19.0 Å². The highest BCUT2D eigenvalue weighted by molar-refractivity contribution is 5.91. The van der Waals surface area contributed by atoms with E-state index in [0.29, 0.717) is 0 Å². The lowest BCUT2D eigenvalue weighted by atomic mass is 10.00. The Hall–Kier alpha value is -2.04. The minimum absolute atomic E-state index is 0.0565. The molecule has 0 unspecified atom stereocenters. The predicted octanol–water partition coefficient (Wildman–Crippen LogP) is 3.06. The van der Waals surface area contributed by atoms with Crippen LogP contribution in [0.4, 0.5) is 10.5 Å². The number of urea groups is 1. The maximum atomic E-state index is 12.2. The minimum atomic E-state index is -0.909. The van der Waals surface area contributed by atoms with Crippen LogP contribution < -0.4 is 5.32 Å². The zero-order valence-corrected chi connectivity index (χ0v) is 13.2. The molecule has 0 spiro atoms. The molecule has 1 aromatic carbocycles. The SMILES string of the molecule is CCc1cc(C)cc(CC)c1NC(=O)N(C)CCC(=O)O. The van der Waals surface area contributed by atoms with Gasteiger partial charge >= 0.3 is 12.0 Å². The van der Waals surface area contributed by atoms with Crippen molar-refractivity contribution in [2.45, 2.75) is 40.0 Å². The molecule has 0 fully saturated rings. The van der Waals surface area contributed by atoms with Crippen LogP contribution in [0.5, 0.6) is 0 Å². The van der Waals surface area contributed by atoms with Gasteiger partial charge in [0.15, 0.2) is 0 Å². The van der Waals surface area contributed by atoms with Crippen molar-refractivity contribution in [2.24, 2.45) is 0 Å². The quantitative estimate of drug-likeness (QED) is 0.846. The number of hydrogen-bond donors (Lipinski definition) is 2. The van der Waals surface area contributed by atoms with E-state index in [1.165, 1.54) is 10.5 Å². The fourth-order valence-electron chi connectivity index (χ4n) is 2.23. The molecule has 0 aliphatic carbocycles. The van der Waals surface area contributed by atoms with Crippen molar-refractivity contribution in [1.29, 1.82) is 0 Å². The molecular weight excluding hydrogens is 268 g/mol. The van der Waals surface area contributed by atoms with E-state index in [0.717, 1.165) is 29.7 Å². The van der Waals surface area contributed by atoms with E-state index in [2.05, 4.69) is 31.3 Å². The first kappa shape index (κ1) is 17.0. The molecule has 5 nitrogen and oxygen atoms in total. The monoisotopic (exact) mass is 292 g/mol. The molecular formula is C16H24N2O3. The van der Waals surface area contributed by atoms with Crippen molar-refractivity contribution in [3.8, 4) is 0 Å². The summed E-state index contributed by atoms with van der Waals surface area (Å²) in [7, 11) is 1.60. The van der Waals surface area contributed by atoms with Gasteiger partial charge in [0.2, 0.25) is 0 Å². The minimum Gasteiger partial charge on any atom is -0.481 e. The third kappa shape index (κ3) is 4.77. The molecule has 5 heteroatoms. The number of rotatable bonds is 6. The summed E-state index contributed by atoms with van der Waals surface area (Å²) in [5, 5.41) is 11.6. The maximum Gasteiger partial charge on any atom is 0.321 e. The van der Waals surface area contributed by atoms with Crippen molar-refractivity contribution in [2.75, 3.05) is 18.9 Å². The number of nitrogens with zero attached hydrogens (tertiary/aromatic N) is 1. The van der Waals surface area contributed by atoms with Crippen LogP contribution in [0.25, 0.3) is 0 Å². The summed E-state index contributed by atoms with van der Waals surface area (Å²) in [5.74, 6) is -0.909. The first-order valence-corrected chi connectivity index (χ1v) is 7.25. The molecule has 2 amide bonds. The van der Waals surface area contributed by atoms with E-state index < -0.39 is 5.97 Å². The number of carboxylic acid groups (broad SMARTS) is 1. The fourth-order valence-corrected chi connectivity index (χ4v) is 2.23. The van der Waals surface area contributed by atoms with Gasteiger partial charge in [0.1, 0.15) is 0 Å². The van der Waals surface area contributed by atoms with Crippen LogP contribution in [0.2, 0.25) is 0 Å². The van der Waals surface area contributed by atoms with Crippen LogP contribution in [0, 0.1) is 6.92 Å². The number of nitrogens with one attached hydrogen (secondary N) is 1. The lowest BCUT2D eigenvalue weighted by Crippen LogP contribution is -2.33. The Balaban J connectivity index is 2.91. The molecule has 0 heterocycles. The number of carbonyl (C=O) groups is 2. The van der Waals surface area contributed by atoms with Gasteiger partial charge in [-0.05, 0) is 30.9 Å². The number of benzene rings is 1. The Morgan fingerprint density at radius 1 is 1.19 bits per heavy atom. The summed E-state index contributed by atoms with van der Waals surface area (Å²) in [6.07, 6.45) is 1.62. The Morgan fingerprint density at radius 2 is 1.71 bits per heavy atom. The number of amides is 2. The largest absolute Gasteiger partial charge is 0.481 e. The lowest BCUT2D eigenvalue weighted by Gasteiger charge is -2.21. The Kier molecular flexibility index (Phi) is 6.21. The van der Waals surface area contributed by atoms with E-state index in [1.54, 1.807) is 7.05 Å². The molecule has 0 aliphatic heterocycles. The molecule has 116 valence electrons. The number of aliphatic carboxylic acids is 1. The van der Waals surface area contributed by atoms with Gasteiger partial charge < -0.3 is 15.3 Å². The fraction of sp³-hybridized carbons (Fsp3) is 0.500. The number of carbonyl (C=O) groups excluding carboxylic acids is 1. The van der Waals surface area contributed by atoms with Gasteiger partial charge in [-0.2, -0.15) is 0 Å². The Morgan fingerprint density at radius 3 is 2.14 bits per heavy atom. The molecule has 0 atom stereocenters. The van der Waals surface area contributed by atoms with Crippen molar-refractivity contribution >= 4 is 17.7 Å². The summed E-state index contributed by atoms with van der Waals surface area (Å²) in [5.41, 5.74) is 4.25. The second-order valence-corrected chi connectivity index (χ2v) is 5.16. The van der Waals surface area contributed by atoms with Crippen molar-refractivity contribution in [1.82, 2.24) is 4.90 Å². The Bertz CT molecular complexity index is 501. The van der Waals surface area contributed by atoms with Crippen LogP contribution in [0.15, 0.2) is 12.1 Å². The Labute approximate surface area is 126 Å². The standard InChI is InChI=1S/C16H24N2O3/c1-5-12-9-11(3)10-13(6-2)15(12)17-16(21)18(4)8-7-14(19)20/h9-10H,5-8H2,1-4H3,(H,17,21)(H,19,20). The first-order valence-electron chi connectivity index (χ1n) is 7.25. The molecule has 21 heavy (non-hydrogen) atoms. The molecule has 0 bridgehead atoms. The van der Waals surface area contributed by atoms with Gasteiger partial charge in [-0.15, -0.1) is 0 Å². The van der Waals surface area contributed by atoms with Crippen molar-refractivity contribution in [3.05, 3.63) is 28.8 Å². The van der Waals surface area contributed by atoms with Gasteiger partial charge in [0.05, 0.1) is 6.42 Å². The smallest absolute Gasteiger partial charge is 0.321 e. The van der Waals surface area contributed by atoms with Gasteiger partial charge in [-0.25, -0.2) is 4.79 Å². The molecule has 1 rings (SSSR count). The second kappa shape index (κ2) is 7.67. The van der Waals surface area contributed by atoms with Crippen LogP contribution in [0.3, 0.4) is 0 Å². The normalized spacial score (nSPS) is 10.3. The lowest BCUT2D eigenvalue weighted by molar-refractivity contribution is -0.137. The highest BCUT2D eigenvalue weighted by Gasteiger charge is 2.14. The maximum absolute atomic E-state index is 12.2. The van der Waals surface area contributed by atoms with Gasteiger partial charge in [0, 0.05) is 19.3 Å². The zero-order chi connectivity index (χ0) is 16.0. The molecule has 0 aliphatic rings. The summed E-state index contributed by atoms with van der Waals surface area (Å²) in [6.45, 7) is 6.34. The van der Waals surface area contributed by atoms with Crippen LogP contribution in [0.1, 0.15) is 37.0 Å².